The van der Waals surface area contributed by atoms with E-state index in [9.17, 15) is 31.1 Å². The van der Waals surface area contributed by atoms with Gasteiger partial charge in [0.05, 0.1) is 31.4 Å². The van der Waals surface area contributed by atoms with E-state index in [4.69, 9.17) is 21.1 Å². The lowest BCUT2D eigenvalue weighted by Gasteiger charge is -2.38. The molecule has 11 heteroatoms. The van der Waals surface area contributed by atoms with Gasteiger partial charge >= 0.3 is 12.4 Å². The van der Waals surface area contributed by atoms with Crippen LogP contribution >= 0.6 is 11.6 Å². The Morgan fingerprint density at radius 3 is 2.03 bits per heavy atom. The Kier molecular flexibility index (Phi) is 7.07. The number of halogens is 7. The van der Waals surface area contributed by atoms with Gasteiger partial charge < -0.3 is 14.4 Å². The fourth-order valence-corrected chi connectivity index (χ4v) is 4.64. The second kappa shape index (κ2) is 9.81. The quantitative estimate of drug-likeness (QED) is 0.327. The van der Waals surface area contributed by atoms with Crippen molar-refractivity contribution in [3.8, 4) is 11.5 Å². The van der Waals surface area contributed by atoms with Crippen LogP contribution in [-0.2, 0) is 18.8 Å². The summed E-state index contributed by atoms with van der Waals surface area (Å²) < 4.78 is 91.4. The smallest absolute Gasteiger partial charge is 0.416 e. The molecule has 0 aromatic heterocycles. The SMILES string of the molecule is COc1cc2c(cc1OC)C(c1cccc(Cl)c1)N(C(=O)c1cc(C(F)(F)F)cc(C(F)(F)F)c1)CC2. The van der Waals surface area contributed by atoms with Crippen LogP contribution in [0.25, 0.3) is 0 Å². The summed E-state index contributed by atoms with van der Waals surface area (Å²) >= 11 is 6.19. The molecule has 1 heterocycles. The van der Waals surface area contributed by atoms with E-state index in [1.807, 2.05) is 0 Å². The van der Waals surface area contributed by atoms with Crippen LogP contribution in [0.1, 0.15) is 44.2 Å². The highest BCUT2D eigenvalue weighted by molar-refractivity contribution is 6.30. The van der Waals surface area contributed by atoms with E-state index in [0.717, 1.165) is 5.56 Å². The molecule has 0 fully saturated rings. The molecule has 1 unspecified atom stereocenters. The summed E-state index contributed by atoms with van der Waals surface area (Å²) in [6, 6.07) is 9.91. The molecule has 0 saturated carbocycles. The third-order valence-corrected chi connectivity index (χ3v) is 6.37. The number of methoxy groups -OCH3 is 2. The second-order valence-electron chi connectivity index (χ2n) is 8.41. The summed E-state index contributed by atoms with van der Waals surface area (Å²) in [7, 11) is 2.88. The Morgan fingerprint density at radius 2 is 1.49 bits per heavy atom. The number of fused-ring (bicyclic) bond motifs is 1. The van der Waals surface area contributed by atoms with Crippen LogP contribution in [0, 0.1) is 0 Å². The molecule has 196 valence electrons. The van der Waals surface area contributed by atoms with Crippen molar-refractivity contribution in [2.24, 2.45) is 0 Å². The van der Waals surface area contributed by atoms with Crippen LogP contribution in [-0.4, -0.2) is 31.6 Å². The van der Waals surface area contributed by atoms with Gasteiger partial charge in [0.25, 0.3) is 5.91 Å². The molecule has 4 rings (SSSR count). The molecule has 0 N–H and O–H groups in total. The number of rotatable bonds is 4. The first-order valence-electron chi connectivity index (χ1n) is 10.9. The minimum absolute atomic E-state index is 0.00607. The van der Waals surface area contributed by atoms with E-state index in [0.29, 0.717) is 39.8 Å². The molecule has 0 bridgehead atoms. The highest BCUT2D eigenvalue weighted by Gasteiger charge is 2.39. The number of hydrogen-bond donors (Lipinski definition) is 0. The summed E-state index contributed by atoms with van der Waals surface area (Å²) in [6.07, 6.45) is -9.88. The summed E-state index contributed by atoms with van der Waals surface area (Å²) in [5.74, 6) is -0.193. The number of carbonyl (C=O) groups is 1. The highest BCUT2D eigenvalue weighted by Crippen LogP contribution is 2.43. The maximum Gasteiger partial charge on any atom is 0.416 e. The molecular weight excluding hydrogens is 524 g/mol. The van der Waals surface area contributed by atoms with Gasteiger partial charge in [-0.1, -0.05) is 23.7 Å². The fraction of sp³-hybridized carbons (Fsp3) is 0.269. The number of ether oxygens (including phenoxy) is 2. The number of benzene rings is 3. The minimum atomic E-state index is -5.08. The lowest BCUT2D eigenvalue weighted by Crippen LogP contribution is -2.41. The molecule has 1 atom stereocenters. The van der Waals surface area contributed by atoms with Crippen molar-refractivity contribution in [1.82, 2.24) is 4.90 Å². The third-order valence-electron chi connectivity index (χ3n) is 6.13. The standard InChI is InChI=1S/C26H20ClF6NO3/c1-36-21-11-14-6-7-34(23(20(14)13-22(21)37-2)15-4-3-5-19(27)10-15)24(35)16-8-17(25(28,29)30)12-18(9-16)26(31,32)33/h3-5,8-13,23H,6-7H2,1-2H3. The van der Waals surface area contributed by atoms with Crippen LogP contribution in [0.4, 0.5) is 26.3 Å². The number of carbonyl (C=O) groups excluding carboxylic acids is 1. The van der Waals surface area contributed by atoms with Crippen molar-refractivity contribution >= 4 is 17.5 Å². The van der Waals surface area contributed by atoms with Gasteiger partial charge in [-0.3, -0.25) is 4.79 Å². The van der Waals surface area contributed by atoms with Gasteiger partial charge in [-0.25, -0.2) is 0 Å². The molecule has 37 heavy (non-hydrogen) atoms. The molecule has 1 aliphatic rings. The molecule has 0 radical (unpaired) electrons. The zero-order chi connectivity index (χ0) is 27.1. The largest absolute Gasteiger partial charge is 0.493 e. The molecular formula is C26H20ClF6NO3. The van der Waals surface area contributed by atoms with Gasteiger partial charge in [-0.15, -0.1) is 0 Å². The predicted octanol–water partition coefficient (Wildman–Crippen LogP) is 7.18. The average molecular weight is 544 g/mol. The number of amides is 1. The molecule has 3 aromatic carbocycles. The summed E-state index contributed by atoms with van der Waals surface area (Å²) in [4.78, 5) is 14.9. The lowest BCUT2D eigenvalue weighted by atomic mass is 9.87. The Hall–Kier alpha value is -3.40. The maximum atomic E-state index is 13.6. The van der Waals surface area contributed by atoms with E-state index >= 15 is 0 Å². The Morgan fingerprint density at radius 1 is 0.892 bits per heavy atom. The molecule has 1 aliphatic heterocycles. The molecule has 1 amide bonds. The van der Waals surface area contributed by atoms with Gasteiger partial charge in [0, 0.05) is 17.1 Å². The molecule has 3 aromatic rings. The van der Waals surface area contributed by atoms with Crippen molar-refractivity contribution < 1.29 is 40.6 Å². The minimum Gasteiger partial charge on any atom is -0.493 e. The van der Waals surface area contributed by atoms with Crippen LogP contribution in [0.5, 0.6) is 11.5 Å². The van der Waals surface area contributed by atoms with E-state index in [1.165, 1.54) is 19.1 Å². The van der Waals surface area contributed by atoms with Crippen molar-refractivity contribution in [1.29, 1.82) is 0 Å². The predicted molar refractivity (Wildman–Crippen MR) is 124 cm³/mol. The second-order valence-corrected chi connectivity index (χ2v) is 8.84. The normalized spacial score (nSPS) is 15.8. The van der Waals surface area contributed by atoms with E-state index < -0.39 is 41.0 Å². The van der Waals surface area contributed by atoms with Crippen molar-refractivity contribution in [2.75, 3.05) is 20.8 Å². The maximum absolute atomic E-state index is 13.6. The molecule has 0 aliphatic carbocycles. The summed E-state index contributed by atoms with van der Waals surface area (Å²) in [6.45, 7) is 0.0239. The van der Waals surface area contributed by atoms with Gasteiger partial charge in [0.2, 0.25) is 0 Å². The Bertz CT molecular complexity index is 1310. The first-order valence-corrected chi connectivity index (χ1v) is 11.3. The van der Waals surface area contributed by atoms with Crippen LogP contribution in [0.15, 0.2) is 54.6 Å². The third kappa shape index (κ3) is 5.34. The van der Waals surface area contributed by atoms with Gasteiger partial charge in [-0.2, -0.15) is 26.3 Å². The molecule has 4 nitrogen and oxygen atoms in total. The van der Waals surface area contributed by atoms with E-state index in [2.05, 4.69) is 0 Å². The van der Waals surface area contributed by atoms with Gasteiger partial charge in [0.1, 0.15) is 0 Å². The first kappa shape index (κ1) is 26.7. The van der Waals surface area contributed by atoms with Gasteiger partial charge in [0.15, 0.2) is 11.5 Å². The van der Waals surface area contributed by atoms with E-state index in [1.54, 1.807) is 36.4 Å². The first-order chi connectivity index (χ1) is 17.3. The lowest BCUT2D eigenvalue weighted by molar-refractivity contribution is -0.143. The highest BCUT2D eigenvalue weighted by atomic mass is 35.5. The fourth-order valence-electron chi connectivity index (χ4n) is 4.44. The van der Waals surface area contributed by atoms with E-state index in [-0.39, 0.29) is 19.0 Å². The van der Waals surface area contributed by atoms with Crippen molar-refractivity contribution in [3.63, 3.8) is 0 Å². The van der Waals surface area contributed by atoms with Gasteiger partial charge in [-0.05, 0) is 65.6 Å². The molecule has 0 saturated heterocycles. The zero-order valence-electron chi connectivity index (χ0n) is 19.5. The van der Waals surface area contributed by atoms with Crippen molar-refractivity contribution in [3.05, 3.63) is 93.0 Å². The monoisotopic (exact) mass is 543 g/mol. The average Bonchev–Trinajstić information content (AvgIpc) is 2.85. The number of nitrogens with zero attached hydrogens (tertiary/aromatic N) is 1. The number of alkyl halides is 6. The van der Waals surface area contributed by atoms with Crippen LogP contribution in [0.3, 0.4) is 0 Å². The topological polar surface area (TPSA) is 38.8 Å². The van der Waals surface area contributed by atoms with Crippen LogP contribution < -0.4 is 9.47 Å². The Labute approximate surface area is 213 Å². The zero-order valence-corrected chi connectivity index (χ0v) is 20.3. The summed E-state index contributed by atoms with van der Waals surface area (Å²) in [5.41, 5.74) is -1.95. The van der Waals surface area contributed by atoms with Crippen molar-refractivity contribution in [2.45, 2.75) is 24.8 Å². The summed E-state index contributed by atoms with van der Waals surface area (Å²) in [5, 5.41) is 0.343. The van der Waals surface area contributed by atoms with Crippen LogP contribution in [0.2, 0.25) is 5.02 Å². The molecule has 0 spiro atoms. The number of hydrogen-bond acceptors (Lipinski definition) is 3. The Balaban J connectivity index is 1.89.